The van der Waals surface area contributed by atoms with Gasteiger partial charge in [-0.1, -0.05) is 11.6 Å². The highest BCUT2D eigenvalue weighted by Gasteiger charge is 2.59. The molecule has 3 N–H and O–H groups in total. The smallest absolute Gasteiger partial charge is 0.307 e. The number of carboxylic acid groups (broad SMARTS) is 1. The van der Waals surface area contributed by atoms with Crippen LogP contribution in [0.4, 0.5) is 8.78 Å². The van der Waals surface area contributed by atoms with E-state index in [4.69, 9.17) is 26.2 Å². The molecule has 1 fully saturated rings. The third kappa shape index (κ3) is 5.18. The summed E-state index contributed by atoms with van der Waals surface area (Å²) in [6.45, 7) is 1.03. The van der Waals surface area contributed by atoms with E-state index in [1.54, 1.807) is 24.4 Å². The van der Waals surface area contributed by atoms with E-state index in [0.717, 1.165) is 17.2 Å². The number of hydrogen-bond donors (Lipinski definition) is 3. The molecule has 7 nitrogen and oxygen atoms in total. The Kier molecular flexibility index (Phi) is 7.02. The van der Waals surface area contributed by atoms with Gasteiger partial charge in [0.15, 0.2) is 0 Å². The molecular weight excluding hydrogens is 520 g/mol. The van der Waals surface area contributed by atoms with Gasteiger partial charge in [-0.25, -0.2) is 13.8 Å². The zero-order valence-electron chi connectivity index (χ0n) is 20.5. The number of carboxylic acids is 1. The molecule has 2 aliphatic rings. The molecule has 10 heteroatoms. The van der Waals surface area contributed by atoms with Gasteiger partial charge >= 0.3 is 5.97 Å². The van der Waals surface area contributed by atoms with Crippen molar-refractivity contribution in [1.29, 1.82) is 0 Å². The number of pyridine rings is 1. The van der Waals surface area contributed by atoms with Crippen molar-refractivity contribution >= 4 is 17.6 Å². The van der Waals surface area contributed by atoms with Crippen LogP contribution in [0.5, 0.6) is 11.6 Å². The number of carbonyl (C=O) groups is 1. The number of halogens is 3. The molecular formula is C28H26ClF2NO6. The number of aromatic nitrogens is 1. The first kappa shape index (κ1) is 26.3. The molecule has 2 aliphatic carbocycles. The number of fused-ring (bicyclic) bond motifs is 3. The van der Waals surface area contributed by atoms with Crippen molar-refractivity contribution in [1.82, 2.24) is 4.98 Å². The van der Waals surface area contributed by atoms with E-state index in [9.17, 15) is 23.8 Å². The molecule has 0 amide bonds. The molecule has 0 bridgehead atoms. The van der Waals surface area contributed by atoms with Gasteiger partial charge in [0.05, 0.1) is 29.8 Å². The summed E-state index contributed by atoms with van der Waals surface area (Å²) in [5, 5.41) is 28.4. The number of rotatable bonds is 10. The van der Waals surface area contributed by atoms with Crippen LogP contribution in [0.3, 0.4) is 0 Å². The highest BCUT2D eigenvalue weighted by Crippen LogP contribution is 2.61. The molecule has 0 saturated heterocycles. The number of aliphatic hydroxyl groups excluding tert-OH is 1. The van der Waals surface area contributed by atoms with Gasteiger partial charge in [0.1, 0.15) is 24.0 Å². The van der Waals surface area contributed by atoms with E-state index >= 15 is 0 Å². The molecule has 5 rings (SSSR count). The summed E-state index contributed by atoms with van der Waals surface area (Å²) in [6, 6.07) is 8.50. The standard InChI is InChI=1S/C28H26ClF2NO6/c1-28(36,13-33)4-5-37-16-2-3-17(21(29)9-16)18-7-15(22(30)10-23(18)31)12-38-24-8-14-6-19-25(20(14)11-32-24)26(19)27(34)35/h2-3,7-11,19,25-26,33,36H,4-6,12-13H2,1H3,(H,34,35)/t19-,25-,26+,28+/m1/s1. The van der Waals surface area contributed by atoms with Crippen LogP contribution in [0.15, 0.2) is 42.6 Å². The highest BCUT2D eigenvalue weighted by molar-refractivity contribution is 6.33. The molecule has 38 heavy (non-hydrogen) atoms. The van der Waals surface area contributed by atoms with Crippen LogP contribution < -0.4 is 9.47 Å². The van der Waals surface area contributed by atoms with Crippen LogP contribution in [0.2, 0.25) is 5.02 Å². The number of aliphatic carboxylic acids is 1. The van der Waals surface area contributed by atoms with Crippen molar-refractivity contribution in [3.05, 3.63) is 75.9 Å². The molecule has 0 radical (unpaired) electrons. The van der Waals surface area contributed by atoms with E-state index in [-0.39, 0.29) is 59.4 Å². The minimum absolute atomic E-state index is 0.00175. The summed E-state index contributed by atoms with van der Waals surface area (Å²) in [5.74, 6) is -1.93. The van der Waals surface area contributed by atoms with Gasteiger partial charge < -0.3 is 24.8 Å². The summed E-state index contributed by atoms with van der Waals surface area (Å²) in [5.41, 5.74) is 1.18. The van der Waals surface area contributed by atoms with Crippen molar-refractivity contribution in [2.45, 2.75) is 37.9 Å². The lowest BCUT2D eigenvalue weighted by Crippen LogP contribution is -2.31. The van der Waals surface area contributed by atoms with Gasteiger partial charge in [0.2, 0.25) is 5.88 Å². The number of benzene rings is 2. The Labute approximate surface area is 222 Å². The maximum absolute atomic E-state index is 14.7. The fraction of sp³-hybridized carbons (Fsp3) is 0.357. The summed E-state index contributed by atoms with van der Waals surface area (Å²) < 4.78 is 40.6. The van der Waals surface area contributed by atoms with Gasteiger partial charge in [-0.05, 0) is 54.7 Å². The first-order valence-corrected chi connectivity index (χ1v) is 12.5. The molecule has 200 valence electrons. The Hall–Kier alpha value is -3.27. The van der Waals surface area contributed by atoms with Gasteiger partial charge in [-0.3, -0.25) is 4.79 Å². The van der Waals surface area contributed by atoms with E-state index in [1.807, 2.05) is 0 Å². The Balaban J connectivity index is 1.28. The van der Waals surface area contributed by atoms with Crippen molar-refractivity contribution in [3.8, 4) is 22.8 Å². The fourth-order valence-corrected chi connectivity index (χ4v) is 5.29. The topological polar surface area (TPSA) is 109 Å². The minimum atomic E-state index is -1.27. The van der Waals surface area contributed by atoms with Crippen molar-refractivity contribution in [3.63, 3.8) is 0 Å². The Bertz CT molecular complexity index is 1400. The van der Waals surface area contributed by atoms with Crippen LogP contribution >= 0.6 is 11.6 Å². The first-order valence-electron chi connectivity index (χ1n) is 12.2. The molecule has 0 aliphatic heterocycles. The third-order valence-corrected chi connectivity index (χ3v) is 7.57. The SMILES string of the molecule is C[C@@](O)(CO)CCOc1ccc(-c2cc(COc3cc4c(cn3)[C@H]3[C@@H](C4)[C@@H]3C(=O)O)c(F)cc2F)c(Cl)c1. The molecule has 1 heterocycles. The lowest BCUT2D eigenvalue weighted by atomic mass is 10.0. The van der Waals surface area contributed by atoms with Gasteiger partial charge in [-0.15, -0.1) is 0 Å². The van der Waals surface area contributed by atoms with Crippen LogP contribution in [-0.4, -0.2) is 45.1 Å². The normalized spacial score (nSPS) is 20.8. The summed E-state index contributed by atoms with van der Waals surface area (Å²) in [7, 11) is 0. The summed E-state index contributed by atoms with van der Waals surface area (Å²) in [4.78, 5) is 15.5. The Morgan fingerprint density at radius 3 is 2.66 bits per heavy atom. The number of ether oxygens (including phenoxy) is 2. The largest absolute Gasteiger partial charge is 0.493 e. The lowest BCUT2D eigenvalue weighted by Gasteiger charge is -2.20. The number of aliphatic hydroxyl groups is 2. The second-order valence-corrected chi connectivity index (χ2v) is 10.5. The average Bonchev–Trinajstić information content (AvgIpc) is 3.46. The number of nitrogens with zero attached hydrogens (tertiary/aromatic N) is 1. The van der Waals surface area contributed by atoms with E-state index in [0.29, 0.717) is 17.7 Å². The zero-order valence-corrected chi connectivity index (χ0v) is 21.2. The maximum atomic E-state index is 14.7. The van der Waals surface area contributed by atoms with Crippen molar-refractivity contribution in [2.75, 3.05) is 13.2 Å². The predicted octanol–water partition coefficient (Wildman–Crippen LogP) is 4.74. The third-order valence-electron chi connectivity index (χ3n) is 7.26. The van der Waals surface area contributed by atoms with Crippen molar-refractivity contribution in [2.24, 2.45) is 11.8 Å². The van der Waals surface area contributed by atoms with Crippen LogP contribution in [0.25, 0.3) is 11.1 Å². The van der Waals surface area contributed by atoms with E-state index in [1.165, 1.54) is 19.1 Å². The number of hydrogen-bond acceptors (Lipinski definition) is 6. The fourth-order valence-electron chi connectivity index (χ4n) is 5.02. The molecule has 1 aromatic heterocycles. The highest BCUT2D eigenvalue weighted by atomic mass is 35.5. The first-order chi connectivity index (χ1) is 18.1. The molecule has 0 spiro atoms. The molecule has 4 atom stereocenters. The van der Waals surface area contributed by atoms with Crippen molar-refractivity contribution < 1.29 is 38.4 Å². The molecule has 1 saturated carbocycles. The van der Waals surface area contributed by atoms with Crippen LogP contribution in [0.1, 0.15) is 36.0 Å². The predicted molar refractivity (Wildman–Crippen MR) is 134 cm³/mol. The summed E-state index contributed by atoms with van der Waals surface area (Å²) >= 11 is 6.39. The minimum Gasteiger partial charge on any atom is -0.493 e. The van der Waals surface area contributed by atoms with Crippen LogP contribution in [-0.2, 0) is 17.8 Å². The second kappa shape index (κ2) is 10.1. The Morgan fingerprint density at radius 1 is 1.16 bits per heavy atom. The van der Waals surface area contributed by atoms with Crippen LogP contribution in [0, 0.1) is 23.5 Å². The molecule has 3 aromatic rings. The summed E-state index contributed by atoms with van der Waals surface area (Å²) in [6.07, 6.45) is 2.46. The van der Waals surface area contributed by atoms with E-state index < -0.39 is 29.8 Å². The van der Waals surface area contributed by atoms with Gasteiger partial charge in [0.25, 0.3) is 0 Å². The average molecular weight is 546 g/mol. The van der Waals surface area contributed by atoms with E-state index in [2.05, 4.69) is 4.98 Å². The molecule has 0 unspecified atom stereocenters. The Morgan fingerprint density at radius 2 is 1.95 bits per heavy atom. The van der Waals surface area contributed by atoms with Gasteiger partial charge in [-0.2, -0.15) is 0 Å². The second-order valence-electron chi connectivity index (χ2n) is 10.1. The monoisotopic (exact) mass is 545 g/mol. The molecule has 2 aromatic carbocycles. The quantitative estimate of drug-likeness (QED) is 0.337. The maximum Gasteiger partial charge on any atom is 0.307 e. The lowest BCUT2D eigenvalue weighted by molar-refractivity contribution is -0.139. The zero-order chi connectivity index (χ0) is 27.2. The van der Waals surface area contributed by atoms with Gasteiger partial charge in [0, 0.05) is 47.4 Å².